The van der Waals surface area contributed by atoms with E-state index in [0.717, 1.165) is 23.5 Å². The SMILES string of the molecule is CC(C)c1nc2cccc(Cl)n2c1CCN. The van der Waals surface area contributed by atoms with Gasteiger partial charge in [-0.05, 0) is 24.6 Å². The number of aromatic nitrogens is 2. The Kier molecular flexibility index (Phi) is 3.17. The van der Waals surface area contributed by atoms with Crippen LogP contribution in [0.1, 0.15) is 31.2 Å². The smallest absolute Gasteiger partial charge is 0.138 e. The number of fused-ring (bicyclic) bond motifs is 1. The van der Waals surface area contributed by atoms with Gasteiger partial charge in [-0.15, -0.1) is 0 Å². The first-order chi connectivity index (χ1) is 7.65. The number of rotatable bonds is 3. The van der Waals surface area contributed by atoms with Gasteiger partial charge in [0.25, 0.3) is 0 Å². The summed E-state index contributed by atoms with van der Waals surface area (Å²) in [4.78, 5) is 4.61. The van der Waals surface area contributed by atoms with E-state index in [4.69, 9.17) is 17.3 Å². The van der Waals surface area contributed by atoms with Gasteiger partial charge >= 0.3 is 0 Å². The van der Waals surface area contributed by atoms with Crippen LogP contribution in [0.25, 0.3) is 5.65 Å². The molecule has 0 atom stereocenters. The van der Waals surface area contributed by atoms with Crippen LogP contribution in [0.15, 0.2) is 18.2 Å². The first-order valence-electron chi connectivity index (χ1n) is 5.51. The molecular weight excluding hydrogens is 222 g/mol. The van der Waals surface area contributed by atoms with Gasteiger partial charge < -0.3 is 5.73 Å². The van der Waals surface area contributed by atoms with Crippen molar-refractivity contribution in [3.8, 4) is 0 Å². The molecule has 0 saturated carbocycles. The topological polar surface area (TPSA) is 43.3 Å². The summed E-state index contributed by atoms with van der Waals surface area (Å²) in [6.45, 7) is 4.88. The van der Waals surface area contributed by atoms with Crippen molar-refractivity contribution >= 4 is 17.2 Å². The van der Waals surface area contributed by atoms with Crippen molar-refractivity contribution in [2.75, 3.05) is 6.54 Å². The second-order valence-corrected chi connectivity index (χ2v) is 4.57. The fourth-order valence-corrected chi connectivity index (χ4v) is 2.23. The van der Waals surface area contributed by atoms with E-state index in [0.29, 0.717) is 17.6 Å². The average Bonchev–Trinajstić information content (AvgIpc) is 2.59. The molecule has 2 aromatic rings. The highest BCUT2D eigenvalue weighted by atomic mass is 35.5. The van der Waals surface area contributed by atoms with Crippen LogP contribution in [0.2, 0.25) is 5.15 Å². The van der Waals surface area contributed by atoms with Gasteiger partial charge in [-0.2, -0.15) is 0 Å². The molecule has 0 spiro atoms. The molecule has 2 aromatic heterocycles. The van der Waals surface area contributed by atoms with Crippen molar-refractivity contribution in [2.45, 2.75) is 26.2 Å². The van der Waals surface area contributed by atoms with E-state index >= 15 is 0 Å². The van der Waals surface area contributed by atoms with Gasteiger partial charge in [0, 0.05) is 12.1 Å². The quantitative estimate of drug-likeness (QED) is 0.834. The number of halogens is 1. The van der Waals surface area contributed by atoms with Crippen molar-refractivity contribution in [3.05, 3.63) is 34.7 Å². The predicted octanol–water partition coefficient (Wildman–Crippen LogP) is 2.61. The maximum absolute atomic E-state index is 6.20. The molecule has 86 valence electrons. The van der Waals surface area contributed by atoms with Crippen molar-refractivity contribution in [2.24, 2.45) is 5.73 Å². The maximum Gasteiger partial charge on any atom is 0.138 e. The molecule has 2 heterocycles. The second kappa shape index (κ2) is 4.44. The van der Waals surface area contributed by atoms with Crippen LogP contribution in [-0.4, -0.2) is 15.9 Å². The molecule has 0 amide bonds. The highest BCUT2D eigenvalue weighted by Crippen LogP contribution is 2.24. The zero-order valence-electron chi connectivity index (χ0n) is 9.57. The number of nitrogens with zero attached hydrogens (tertiary/aromatic N) is 2. The monoisotopic (exact) mass is 237 g/mol. The summed E-state index contributed by atoms with van der Waals surface area (Å²) < 4.78 is 1.99. The number of imidazole rings is 1. The third-order valence-electron chi connectivity index (χ3n) is 2.65. The summed E-state index contributed by atoms with van der Waals surface area (Å²) in [5.41, 5.74) is 8.78. The van der Waals surface area contributed by atoms with Crippen LogP contribution in [0.4, 0.5) is 0 Å². The second-order valence-electron chi connectivity index (χ2n) is 4.18. The Bertz CT molecular complexity index is 502. The lowest BCUT2D eigenvalue weighted by Gasteiger charge is -2.06. The Labute approximate surface area is 100 Å². The van der Waals surface area contributed by atoms with Gasteiger partial charge in [0.05, 0.1) is 5.69 Å². The molecule has 0 fully saturated rings. The van der Waals surface area contributed by atoms with Crippen molar-refractivity contribution in [1.82, 2.24) is 9.38 Å². The minimum atomic E-state index is 0.387. The fraction of sp³-hybridized carbons (Fsp3) is 0.417. The van der Waals surface area contributed by atoms with E-state index in [1.54, 1.807) is 0 Å². The van der Waals surface area contributed by atoms with E-state index in [-0.39, 0.29) is 0 Å². The minimum Gasteiger partial charge on any atom is -0.330 e. The minimum absolute atomic E-state index is 0.387. The molecule has 0 aliphatic carbocycles. The average molecular weight is 238 g/mol. The molecule has 0 aliphatic rings. The first-order valence-corrected chi connectivity index (χ1v) is 5.88. The van der Waals surface area contributed by atoms with Crippen LogP contribution in [0.3, 0.4) is 0 Å². The zero-order valence-corrected chi connectivity index (χ0v) is 10.3. The molecule has 2 N–H and O–H groups in total. The molecular formula is C12H16ClN3. The van der Waals surface area contributed by atoms with E-state index in [1.165, 1.54) is 0 Å². The molecule has 0 unspecified atom stereocenters. The molecule has 3 nitrogen and oxygen atoms in total. The fourth-order valence-electron chi connectivity index (χ4n) is 1.97. The molecule has 2 rings (SSSR count). The van der Waals surface area contributed by atoms with Crippen LogP contribution in [0, 0.1) is 0 Å². The molecule has 16 heavy (non-hydrogen) atoms. The highest BCUT2D eigenvalue weighted by molar-refractivity contribution is 6.29. The van der Waals surface area contributed by atoms with Gasteiger partial charge in [-0.25, -0.2) is 4.98 Å². The summed E-state index contributed by atoms with van der Waals surface area (Å²) in [7, 11) is 0. The third kappa shape index (κ3) is 1.81. The highest BCUT2D eigenvalue weighted by Gasteiger charge is 2.15. The summed E-state index contributed by atoms with van der Waals surface area (Å²) in [5, 5.41) is 0.695. The van der Waals surface area contributed by atoms with E-state index in [1.807, 2.05) is 22.6 Å². The van der Waals surface area contributed by atoms with Crippen molar-refractivity contribution < 1.29 is 0 Å². The Morgan fingerprint density at radius 3 is 2.81 bits per heavy atom. The summed E-state index contributed by atoms with van der Waals surface area (Å²) in [5.74, 6) is 0.387. The van der Waals surface area contributed by atoms with Gasteiger partial charge in [-0.1, -0.05) is 31.5 Å². The van der Waals surface area contributed by atoms with E-state index in [2.05, 4.69) is 18.8 Å². The lowest BCUT2D eigenvalue weighted by atomic mass is 10.1. The number of hydrogen-bond acceptors (Lipinski definition) is 2. The lowest BCUT2D eigenvalue weighted by Crippen LogP contribution is -2.08. The van der Waals surface area contributed by atoms with Crippen LogP contribution < -0.4 is 5.73 Å². The van der Waals surface area contributed by atoms with Gasteiger partial charge in [0.2, 0.25) is 0 Å². The van der Waals surface area contributed by atoms with Crippen molar-refractivity contribution in [3.63, 3.8) is 0 Å². The van der Waals surface area contributed by atoms with Crippen LogP contribution in [-0.2, 0) is 6.42 Å². The Balaban J connectivity index is 2.72. The third-order valence-corrected chi connectivity index (χ3v) is 2.95. The molecule has 4 heteroatoms. The molecule has 0 bridgehead atoms. The Morgan fingerprint density at radius 2 is 2.19 bits per heavy atom. The van der Waals surface area contributed by atoms with E-state index < -0.39 is 0 Å². The van der Waals surface area contributed by atoms with E-state index in [9.17, 15) is 0 Å². The lowest BCUT2D eigenvalue weighted by molar-refractivity contribution is 0.791. The molecule has 0 aromatic carbocycles. The molecule has 0 aliphatic heterocycles. The first kappa shape index (κ1) is 11.4. The Morgan fingerprint density at radius 1 is 1.44 bits per heavy atom. The Hall–Kier alpha value is -1.06. The number of nitrogens with two attached hydrogens (primary N) is 1. The summed E-state index contributed by atoms with van der Waals surface area (Å²) >= 11 is 6.20. The van der Waals surface area contributed by atoms with Gasteiger partial charge in [0.1, 0.15) is 10.8 Å². The molecule has 0 saturated heterocycles. The normalized spacial score (nSPS) is 11.6. The van der Waals surface area contributed by atoms with Gasteiger partial charge in [0.15, 0.2) is 0 Å². The summed E-state index contributed by atoms with van der Waals surface area (Å²) in [6.07, 6.45) is 0.804. The molecule has 0 radical (unpaired) electrons. The standard InChI is InChI=1S/C12H16ClN3/c1-8(2)12-9(6-7-14)16-10(13)4-3-5-11(16)15-12/h3-5,8H,6-7,14H2,1-2H3. The van der Waals surface area contributed by atoms with Gasteiger partial charge in [-0.3, -0.25) is 4.40 Å². The largest absolute Gasteiger partial charge is 0.330 e. The number of hydrogen-bond donors (Lipinski definition) is 1. The number of pyridine rings is 1. The van der Waals surface area contributed by atoms with Crippen LogP contribution in [0.5, 0.6) is 0 Å². The van der Waals surface area contributed by atoms with Crippen molar-refractivity contribution in [1.29, 1.82) is 0 Å². The zero-order chi connectivity index (χ0) is 11.7. The summed E-state index contributed by atoms with van der Waals surface area (Å²) in [6, 6.07) is 5.76. The van der Waals surface area contributed by atoms with Crippen LogP contribution >= 0.6 is 11.6 Å². The predicted molar refractivity (Wildman–Crippen MR) is 67.0 cm³/mol. The maximum atomic E-state index is 6.20.